The molecule has 20 heavy (non-hydrogen) atoms. The molecule has 3 nitrogen and oxygen atoms in total. The van der Waals surface area contributed by atoms with Crippen molar-refractivity contribution in [2.45, 2.75) is 33.3 Å². The summed E-state index contributed by atoms with van der Waals surface area (Å²) in [7, 11) is 0. The summed E-state index contributed by atoms with van der Waals surface area (Å²) >= 11 is 0. The molecule has 0 aliphatic carbocycles. The van der Waals surface area contributed by atoms with Crippen molar-refractivity contribution < 1.29 is 9.50 Å². The molecule has 0 amide bonds. The van der Waals surface area contributed by atoms with Crippen molar-refractivity contribution in [1.29, 1.82) is 0 Å². The summed E-state index contributed by atoms with van der Waals surface area (Å²) in [5.74, 6) is -0.241. The highest BCUT2D eigenvalue weighted by atomic mass is 19.1. The number of rotatable bonds is 4. The lowest BCUT2D eigenvalue weighted by molar-refractivity contribution is 0.198. The monoisotopic (exact) mass is 280 g/mol. The van der Waals surface area contributed by atoms with Crippen LogP contribution in [0.1, 0.15) is 37.5 Å². The minimum atomic E-state index is -0.645. The van der Waals surface area contributed by atoms with Crippen LogP contribution in [0.25, 0.3) is 0 Å². The third-order valence-electron chi connectivity index (χ3n) is 4.01. The predicted molar refractivity (Wildman–Crippen MR) is 80.7 cm³/mol. The Morgan fingerprint density at radius 2 is 1.90 bits per heavy atom. The van der Waals surface area contributed by atoms with E-state index in [2.05, 4.69) is 16.7 Å². The SMILES string of the molecule is CCCN1CCN(c2cc(C)c(F)cc2[C@@H](C)O)CC1. The van der Waals surface area contributed by atoms with Crippen LogP contribution in [0.5, 0.6) is 0 Å². The highest BCUT2D eigenvalue weighted by Crippen LogP contribution is 2.30. The molecule has 1 aromatic rings. The number of hydrogen-bond acceptors (Lipinski definition) is 3. The summed E-state index contributed by atoms with van der Waals surface area (Å²) < 4.78 is 13.7. The minimum absolute atomic E-state index is 0.241. The van der Waals surface area contributed by atoms with E-state index in [1.807, 2.05) is 6.07 Å². The van der Waals surface area contributed by atoms with Crippen LogP contribution in [0.15, 0.2) is 12.1 Å². The van der Waals surface area contributed by atoms with Crippen molar-refractivity contribution in [2.24, 2.45) is 0 Å². The first-order valence-electron chi connectivity index (χ1n) is 7.48. The average Bonchev–Trinajstić information content (AvgIpc) is 2.42. The fourth-order valence-corrected chi connectivity index (χ4v) is 2.82. The van der Waals surface area contributed by atoms with Gasteiger partial charge in [-0.25, -0.2) is 4.39 Å². The number of hydrogen-bond donors (Lipinski definition) is 1. The molecule has 0 spiro atoms. The van der Waals surface area contributed by atoms with Crippen LogP contribution in [-0.4, -0.2) is 42.7 Å². The summed E-state index contributed by atoms with van der Waals surface area (Å²) in [6.07, 6.45) is 0.531. The lowest BCUT2D eigenvalue weighted by Gasteiger charge is -2.37. The van der Waals surface area contributed by atoms with E-state index in [1.165, 1.54) is 12.5 Å². The Hall–Kier alpha value is -1.13. The summed E-state index contributed by atoms with van der Waals surface area (Å²) in [5, 5.41) is 9.88. The third kappa shape index (κ3) is 3.30. The smallest absolute Gasteiger partial charge is 0.126 e. The Morgan fingerprint density at radius 1 is 1.25 bits per heavy atom. The molecule has 1 atom stereocenters. The van der Waals surface area contributed by atoms with Crippen molar-refractivity contribution >= 4 is 5.69 Å². The van der Waals surface area contributed by atoms with Gasteiger partial charge in [0.1, 0.15) is 5.82 Å². The van der Waals surface area contributed by atoms with Gasteiger partial charge in [-0.15, -0.1) is 0 Å². The summed E-state index contributed by atoms with van der Waals surface area (Å²) in [4.78, 5) is 4.72. The normalized spacial score (nSPS) is 18.4. The molecule has 0 bridgehead atoms. The number of piperazine rings is 1. The van der Waals surface area contributed by atoms with Gasteiger partial charge in [-0.1, -0.05) is 6.92 Å². The average molecular weight is 280 g/mol. The van der Waals surface area contributed by atoms with Gasteiger partial charge in [0.2, 0.25) is 0 Å². The maximum absolute atomic E-state index is 13.7. The fraction of sp³-hybridized carbons (Fsp3) is 0.625. The number of aliphatic hydroxyl groups is 1. The van der Waals surface area contributed by atoms with E-state index in [4.69, 9.17) is 0 Å². The Morgan fingerprint density at radius 3 is 2.45 bits per heavy atom. The van der Waals surface area contributed by atoms with Gasteiger partial charge in [0.15, 0.2) is 0 Å². The van der Waals surface area contributed by atoms with Gasteiger partial charge in [0.05, 0.1) is 6.10 Å². The van der Waals surface area contributed by atoms with Gasteiger partial charge in [-0.05, 0) is 44.5 Å². The molecule has 1 aromatic carbocycles. The molecule has 1 fully saturated rings. The third-order valence-corrected chi connectivity index (χ3v) is 4.01. The first-order valence-corrected chi connectivity index (χ1v) is 7.48. The Bertz CT molecular complexity index is 454. The molecule has 0 radical (unpaired) electrons. The van der Waals surface area contributed by atoms with E-state index in [0.29, 0.717) is 11.1 Å². The van der Waals surface area contributed by atoms with Crippen LogP contribution in [0, 0.1) is 12.7 Å². The van der Waals surface area contributed by atoms with E-state index < -0.39 is 6.10 Å². The van der Waals surface area contributed by atoms with Crippen molar-refractivity contribution in [1.82, 2.24) is 4.90 Å². The van der Waals surface area contributed by atoms with Gasteiger partial charge >= 0.3 is 0 Å². The molecule has 112 valence electrons. The number of anilines is 1. The molecule has 0 aromatic heterocycles. The fourth-order valence-electron chi connectivity index (χ4n) is 2.82. The van der Waals surface area contributed by atoms with Crippen LogP contribution < -0.4 is 4.90 Å². The standard InChI is InChI=1S/C16H25FN2O/c1-4-5-18-6-8-19(9-7-18)16-10-12(2)15(17)11-14(16)13(3)20/h10-11,13,20H,4-9H2,1-3H3/t13-/m1/s1. The van der Waals surface area contributed by atoms with E-state index in [-0.39, 0.29) is 5.82 Å². The van der Waals surface area contributed by atoms with Gasteiger partial charge in [-0.2, -0.15) is 0 Å². The van der Waals surface area contributed by atoms with Crippen molar-refractivity contribution in [2.75, 3.05) is 37.6 Å². The van der Waals surface area contributed by atoms with E-state index in [1.54, 1.807) is 13.8 Å². The van der Waals surface area contributed by atoms with Gasteiger partial charge in [0.25, 0.3) is 0 Å². The second-order valence-corrected chi connectivity index (χ2v) is 5.66. The second-order valence-electron chi connectivity index (χ2n) is 5.66. The van der Waals surface area contributed by atoms with Crippen molar-refractivity contribution in [3.05, 3.63) is 29.1 Å². The van der Waals surface area contributed by atoms with E-state index >= 15 is 0 Å². The maximum atomic E-state index is 13.7. The molecule has 0 saturated carbocycles. The Labute approximate surface area is 121 Å². The summed E-state index contributed by atoms with van der Waals surface area (Å²) in [5.41, 5.74) is 2.31. The molecular formula is C16H25FN2O. The van der Waals surface area contributed by atoms with Crippen molar-refractivity contribution in [3.8, 4) is 0 Å². The van der Waals surface area contributed by atoms with Gasteiger partial charge < -0.3 is 10.0 Å². The molecule has 1 aliphatic heterocycles. The first kappa shape index (κ1) is 15.3. The Balaban J connectivity index is 2.18. The van der Waals surface area contributed by atoms with Crippen LogP contribution in [0.3, 0.4) is 0 Å². The number of aliphatic hydroxyl groups excluding tert-OH is 1. The van der Waals surface area contributed by atoms with Crippen LogP contribution in [-0.2, 0) is 0 Å². The zero-order valence-corrected chi connectivity index (χ0v) is 12.7. The summed E-state index contributed by atoms with van der Waals surface area (Å²) in [6, 6.07) is 3.35. The highest BCUT2D eigenvalue weighted by molar-refractivity contribution is 5.57. The lowest BCUT2D eigenvalue weighted by atomic mass is 10.0. The quantitative estimate of drug-likeness (QED) is 0.918. The predicted octanol–water partition coefficient (Wildman–Crippen LogP) is 2.72. The van der Waals surface area contributed by atoms with Crippen LogP contribution >= 0.6 is 0 Å². The number of halogens is 1. The van der Waals surface area contributed by atoms with Crippen molar-refractivity contribution in [3.63, 3.8) is 0 Å². The lowest BCUT2D eigenvalue weighted by Crippen LogP contribution is -2.46. The van der Waals surface area contributed by atoms with Gasteiger partial charge in [0, 0.05) is 37.4 Å². The molecule has 1 N–H and O–H groups in total. The van der Waals surface area contributed by atoms with Crippen LogP contribution in [0.2, 0.25) is 0 Å². The highest BCUT2D eigenvalue weighted by Gasteiger charge is 2.21. The van der Waals surface area contributed by atoms with E-state index in [9.17, 15) is 9.50 Å². The van der Waals surface area contributed by atoms with Crippen LogP contribution in [0.4, 0.5) is 10.1 Å². The first-order chi connectivity index (χ1) is 9.52. The number of benzene rings is 1. The van der Waals surface area contributed by atoms with Gasteiger partial charge in [-0.3, -0.25) is 4.90 Å². The second kappa shape index (κ2) is 6.55. The minimum Gasteiger partial charge on any atom is -0.389 e. The molecule has 1 saturated heterocycles. The zero-order valence-electron chi connectivity index (χ0n) is 12.7. The maximum Gasteiger partial charge on any atom is 0.126 e. The molecule has 0 unspecified atom stereocenters. The number of nitrogens with zero attached hydrogens (tertiary/aromatic N) is 2. The topological polar surface area (TPSA) is 26.7 Å². The zero-order chi connectivity index (χ0) is 14.7. The van der Waals surface area contributed by atoms with E-state index in [0.717, 1.165) is 38.4 Å². The molecule has 1 heterocycles. The number of aryl methyl sites for hydroxylation is 1. The largest absolute Gasteiger partial charge is 0.389 e. The molecule has 1 aliphatic rings. The molecular weight excluding hydrogens is 255 g/mol. The molecule has 4 heteroatoms. The Kier molecular flexibility index (Phi) is 5.00. The molecule has 2 rings (SSSR count). The summed E-state index contributed by atoms with van der Waals surface area (Å²) in [6.45, 7) is 10.7.